The lowest BCUT2D eigenvalue weighted by Crippen LogP contribution is -2.36. The van der Waals surface area contributed by atoms with Crippen LogP contribution in [0.5, 0.6) is 0 Å². The Morgan fingerprint density at radius 1 is 1.23 bits per heavy atom. The van der Waals surface area contributed by atoms with Crippen molar-refractivity contribution >= 4 is 5.91 Å². The summed E-state index contributed by atoms with van der Waals surface area (Å²) in [5, 5.41) is 2.90. The molecule has 116 valence electrons. The third-order valence-corrected chi connectivity index (χ3v) is 3.43. The van der Waals surface area contributed by atoms with Crippen molar-refractivity contribution < 1.29 is 4.79 Å². The number of rotatable bonds is 5. The minimum atomic E-state index is -0.592. The molecular weight excluding hydrogens is 282 g/mol. The van der Waals surface area contributed by atoms with Gasteiger partial charge >= 0.3 is 5.69 Å². The molecule has 6 heteroatoms. The number of amides is 1. The minimum Gasteiger partial charge on any atom is -0.348 e. The normalized spacial score (nSPS) is 11.9. The Morgan fingerprint density at radius 3 is 2.50 bits per heavy atom. The molecule has 6 nitrogen and oxygen atoms in total. The fourth-order valence-electron chi connectivity index (χ4n) is 2.18. The molecule has 0 aliphatic heterocycles. The van der Waals surface area contributed by atoms with Gasteiger partial charge in [0.25, 0.3) is 5.56 Å². The van der Waals surface area contributed by atoms with Crippen molar-refractivity contribution in [2.24, 2.45) is 0 Å². The summed E-state index contributed by atoms with van der Waals surface area (Å²) >= 11 is 0. The van der Waals surface area contributed by atoms with E-state index in [2.05, 4.69) is 10.3 Å². The molecule has 0 saturated heterocycles. The van der Waals surface area contributed by atoms with Crippen molar-refractivity contribution in [3.8, 4) is 0 Å². The summed E-state index contributed by atoms with van der Waals surface area (Å²) in [5.41, 5.74) is 1.11. The van der Waals surface area contributed by atoms with Gasteiger partial charge in [0.05, 0.1) is 6.04 Å². The van der Waals surface area contributed by atoms with E-state index in [0.717, 1.165) is 17.5 Å². The number of hydrogen-bond acceptors (Lipinski definition) is 3. The van der Waals surface area contributed by atoms with Crippen LogP contribution in [0, 0.1) is 6.92 Å². The molecule has 22 heavy (non-hydrogen) atoms. The van der Waals surface area contributed by atoms with E-state index in [1.54, 1.807) is 0 Å². The maximum atomic E-state index is 12.1. The van der Waals surface area contributed by atoms with Gasteiger partial charge in [-0.3, -0.25) is 19.1 Å². The third-order valence-electron chi connectivity index (χ3n) is 3.43. The van der Waals surface area contributed by atoms with Gasteiger partial charge in [-0.15, -0.1) is 0 Å². The first kappa shape index (κ1) is 15.8. The fourth-order valence-corrected chi connectivity index (χ4v) is 2.18. The van der Waals surface area contributed by atoms with Gasteiger partial charge in [-0.2, -0.15) is 0 Å². The van der Waals surface area contributed by atoms with Gasteiger partial charge in [0.1, 0.15) is 6.54 Å². The van der Waals surface area contributed by atoms with Gasteiger partial charge in [0.2, 0.25) is 5.91 Å². The second kappa shape index (κ2) is 6.89. The molecule has 2 aromatic rings. The first-order valence-corrected chi connectivity index (χ1v) is 7.15. The van der Waals surface area contributed by atoms with Crippen LogP contribution in [0.15, 0.2) is 46.1 Å². The molecule has 0 fully saturated rings. The predicted octanol–water partition coefficient (Wildman–Crippen LogP) is 1.11. The SMILES string of the molecule is CC[C@H](NC(=O)Cn1ccc(=O)[nH]c1=O)c1ccc(C)cc1. The molecular formula is C16H19N3O3. The van der Waals surface area contributed by atoms with E-state index >= 15 is 0 Å². The van der Waals surface area contributed by atoms with Crippen LogP contribution in [0.1, 0.15) is 30.5 Å². The van der Waals surface area contributed by atoms with Gasteiger partial charge in [0.15, 0.2) is 0 Å². The molecule has 0 aliphatic rings. The molecule has 2 rings (SSSR count). The molecule has 0 radical (unpaired) electrons. The first-order valence-electron chi connectivity index (χ1n) is 7.15. The van der Waals surface area contributed by atoms with Crippen LogP contribution in [-0.2, 0) is 11.3 Å². The molecule has 1 amide bonds. The van der Waals surface area contributed by atoms with Crippen LogP contribution in [-0.4, -0.2) is 15.5 Å². The summed E-state index contributed by atoms with van der Waals surface area (Å²) in [6.07, 6.45) is 2.06. The second-order valence-electron chi connectivity index (χ2n) is 5.18. The molecule has 1 atom stereocenters. The highest BCUT2D eigenvalue weighted by Gasteiger charge is 2.13. The topological polar surface area (TPSA) is 84.0 Å². The van der Waals surface area contributed by atoms with E-state index in [1.807, 2.05) is 38.1 Å². The van der Waals surface area contributed by atoms with Crippen LogP contribution in [0.4, 0.5) is 0 Å². The molecule has 0 aliphatic carbocycles. The lowest BCUT2D eigenvalue weighted by Gasteiger charge is -2.18. The van der Waals surface area contributed by atoms with E-state index in [0.29, 0.717) is 0 Å². The number of aromatic nitrogens is 2. The Morgan fingerprint density at radius 2 is 1.91 bits per heavy atom. The highest BCUT2D eigenvalue weighted by atomic mass is 16.2. The Hall–Kier alpha value is -2.63. The van der Waals surface area contributed by atoms with Gasteiger partial charge in [-0.1, -0.05) is 36.8 Å². The van der Waals surface area contributed by atoms with Gasteiger partial charge in [-0.25, -0.2) is 4.79 Å². The Kier molecular flexibility index (Phi) is 4.93. The van der Waals surface area contributed by atoms with Gasteiger partial charge < -0.3 is 5.32 Å². The molecule has 2 N–H and O–H groups in total. The molecule has 0 spiro atoms. The quantitative estimate of drug-likeness (QED) is 0.867. The van der Waals surface area contributed by atoms with Crippen LogP contribution >= 0.6 is 0 Å². The van der Waals surface area contributed by atoms with E-state index < -0.39 is 11.2 Å². The molecule has 0 bridgehead atoms. The van der Waals surface area contributed by atoms with Crippen molar-refractivity contribution in [3.63, 3.8) is 0 Å². The zero-order valence-corrected chi connectivity index (χ0v) is 12.6. The average molecular weight is 301 g/mol. The highest BCUT2D eigenvalue weighted by molar-refractivity contribution is 5.76. The number of aromatic amines is 1. The monoisotopic (exact) mass is 301 g/mol. The first-order chi connectivity index (χ1) is 10.5. The summed E-state index contributed by atoms with van der Waals surface area (Å²) in [7, 11) is 0. The lowest BCUT2D eigenvalue weighted by molar-refractivity contribution is -0.122. The van der Waals surface area contributed by atoms with Crippen molar-refractivity contribution in [2.75, 3.05) is 0 Å². The van der Waals surface area contributed by atoms with Crippen molar-refractivity contribution in [3.05, 3.63) is 68.5 Å². The van der Waals surface area contributed by atoms with E-state index in [1.165, 1.54) is 16.8 Å². The summed E-state index contributed by atoms with van der Waals surface area (Å²) < 4.78 is 1.17. The van der Waals surface area contributed by atoms with Gasteiger partial charge in [-0.05, 0) is 18.9 Å². The second-order valence-corrected chi connectivity index (χ2v) is 5.18. The van der Waals surface area contributed by atoms with Gasteiger partial charge in [0, 0.05) is 12.3 Å². The summed E-state index contributed by atoms with van der Waals surface area (Å²) in [6.45, 7) is 3.86. The van der Waals surface area contributed by atoms with Crippen LogP contribution in [0.25, 0.3) is 0 Å². The molecule has 1 heterocycles. The number of nitrogens with one attached hydrogen (secondary N) is 2. The van der Waals surface area contributed by atoms with E-state index in [9.17, 15) is 14.4 Å². The number of aryl methyl sites for hydroxylation is 1. The standard InChI is InChI=1S/C16H19N3O3/c1-3-13(12-6-4-11(2)5-7-12)17-15(21)10-19-9-8-14(20)18-16(19)22/h4-9,13H,3,10H2,1-2H3,(H,17,21)(H,18,20,22)/t13-/m0/s1. The number of benzene rings is 1. The lowest BCUT2D eigenvalue weighted by atomic mass is 10.0. The molecule has 0 saturated carbocycles. The Labute approximate surface area is 127 Å². The summed E-state index contributed by atoms with van der Waals surface area (Å²) in [5.74, 6) is -0.276. The average Bonchev–Trinajstić information content (AvgIpc) is 2.49. The highest BCUT2D eigenvalue weighted by Crippen LogP contribution is 2.16. The van der Waals surface area contributed by atoms with Crippen LogP contribution < -0.4 is 16.6 Å². The third kappa shape index (κ3) is 3.94. The zero-order valence-electron chi connectivity index (χ0n) is 12.6. The Bertz CT molecular complexity index is 759. The Balaban J connectivity index is 2.07. The summed E-state index contributed by atoms with van der Waals surface area (Å²) in [6, 6.07) is 9.07. The van der Waals surface area contributed by atoms with E-state index in [-0.39, 0.29) is 18.5 Å². The maximum Gasteiger partial charge on any atom is 0.328 e. The molecule has 0 unspecified atom stereocenters. The van der Waals surface area contributed by atoms with Crippen LogP contribution in [0.3, 0.4) is 0 Å². The van der Waals surface area contributed by atoms with Crippen molar-refractivity contribution in [1.82, 2.24) is 14.9 Å². The number of H-pyrrole nitrogens is 1. The van der Waals surface area contributed by atoms with Crippen molar-refractivity contribution in [2.45, 2.75) is 32.9 Å². The van der Waals surface area contributed by atoms with Crippen molar-refractivity contribution in [1.29, 1.82) is 0 Å². The maximum absolute atomic E-state index is 12.1. The van der Waals surface area contributed by atoms with Crippen LogP contribution in [0.2, 0.25) is 0 Å². The number of hydrogen-bond donors (Lipinski definition) is 2. The molecule has 1 aromatic heterocycles. The smallest absolute Gasteiger partial charge is 0.328 e. The number of carbonyl (C=O) groups excluding carboxylic acids is 1. The zero-order chi connectivity index (χ0) is 16.1. The largest absolute Gasteiger partial charge is 0.348 e. The predicted molar refractivity (Wildman–Crippen MR) is 83.7 cm³/mol. The molecule has 1 aromatic carbocycles. The number of nitrogens with zero attached hydrogens (tertiary/aromatic N) is 1. The fraction of sp³-hybridized carbons (Fsp3) is 0.312. The number of carbonyl (C=O) groups is 1. The summed E-state index contributed by atoms with van der Waals surface area (Å²) in [4.78, 5) is 36.8. The van der Waals surface area contributed by atoms with E-state index in [4.69, 9.17) is 0 Å². The minimum absolute atomic E-state index is 0.105.